The van der Waals surface area contributed by atoms with E-state index in [0.717, 1.165) is 10.2 Å². The number of amides is 2. The van der Waals surface area contributed by atoms with Crippen LogP contribution in [0.5, 0.6) is 0 Å². The fourth-order valence-electron chi connectivity index (χ4n) is 2.11. The molecule has 120 valence electrons. The topological polar surface area (TPSA) is 49.4 Å². The molecule has 0 radical (unpaired) electrons. The van der Waals surface area contributed by atoms with Crippen molar-refractivity contribution in [3.05, 3.63) is 59.1 Å². The summed E-state index contributed by atoms with van der Waals surface area (Å²) in [4.78, 5) is 26.7. The van der Waals surface area contributed by atoms with E-state index in [1.54, 1.807) is 33.0 Å². The lowest BCUT2D eigenvalue weighted by Crippen LogP contribution is -2.46. The van der Waals surface area contributed by atoms with E-state index in [1.807, 2.05) is 42.5 Å². The third kappa shape index (κ3) is 3.99. The Morgan fingerprint density at radius 3 is 2.13 bits per heavy atom. The molecule has 0 heterocycles. The van der Waals surface area contributed by atoms with Gasteiger partial charge in [-0.1, -0.05) is 34.1 Å². The molecule has 2 aromatic carbocycles. The molecule has 0 unspecified atom stereocenters. The van der Waals surface area contributed by atoms with Gasteiger partial charge in [-0.2, -0.15) is 0 Å². The number of halogens is 1. The second-order valence-corrected chi connectivity index (χ2v) is 6.70. The third-order valence-corrected chi connectivity index (χ3v) is 4.18. The molecular formula is C18H19BrN2O2. The average molecular weight is 375 g/mol. The molecule has 0 aromatic heterocycles. The van der Waals surface area contributed by atoms with Gasteiger partial charge >= 0.3 is 0 Å². The van der Waals surface area contributed by atoms with Gasteiger partial charge in [0.05, 0.1) is 0 Å². The minimum Gasteiger partial charge on any atom is -0.325 e. The number of anilines is 2. The first kappa shape index (κ1) is 17.2. The molecule has 0 bridgehead atoms. The Kier molecular flexibility index (Phi) is 5.21. The van der Waals surface area contributed by atoms with Crippen molar-refractivity contribution in [2.24, 2.45) is 5.41 Å². The molecule has 1 N–H and O–H groups in total. The molecule has 0 aliphatic carbocycles. The summed E-state index contributed by atoms with van der Waals surface area (Å²) < 4.78 is 0.926. The Morgan fingerprint density at radius 2 is 1.57 bits per heavy atom. The van der Waals surface area contributed by atoms with Crippen LogP contribution < -0.4 is 10.2 Å². The van der Waals surface area contributed by atoms with Crippen LogP contribution in [0.3, 0.4) is 0 Å². The van der Waals surface area contributed by atoms with Crippen molar-refractivity contribution >= 4 is 39.1 Å². The standard InChI is InChI=1S/C18H19BrN2O2/c1-18(2,16(22)20-14-11-9-13(19)10-12-14)17(23)21(3)15-7-5-4-6-8-15/h4-12H,1-3H3,(H,20,22). The van der Waals surface area contributed by atoms with Crippen molar-refractivity contribution in [1.29, 1.82) is 0 Å². The molecule has 0 aliphatic heterocycles. The largest absolute Gasteiger partial charge is 0.325 e. The van der Waals surface area contributed by atoms with Gasteiger partial charge < -0.3 is 10.2 Å². The van der Waals surface area contributed by atoms with Crippen molar-refractivity contribution in [2.75, 3.05) is 17.3 Å². The van der Waals surface area contributed by atoms with Crippen molar-refractivity contribution < 1.29 is 9.59 Å². The zero-order chi connectivity index (χ0) is 17.0. The summed E-state index contributed by atoms with van der Waals surface area (Å²) in [7, 11) is 1.67. The van der Waals surface area contributed by atoms with E-state index in [0.29, 0.717) is 5.69 Å². The lowest BCUT2D eigenvalue weighted by molar-refractivity contribution is -0.136. The molecule has 0 saturated carbocycles. The van der Waals surface area contributed by atoms with Crippen LogP contribution in [-0.2, 0) is 9.59 Å². The number of benzene rings is 2. The Labute approximate surface area is 144 Å². The predicted octanol–water partition coefficient (Wildman–Crippen LogP) is 4.08. The number of hydrogen-bond donors (Lipinski definition) is 1. The van der Waals surface area contributed by atoms with E-state index in [1.165, 1.54) is 4.90 Å². The van der Waals surface area contributed by atoms with E-state index in [2.05, 4.69) is 21.2 Å². The summed E-state index contributed by atoms with van der Waals surface area (Å²) in [6, 6.07) is 16.5. The van der Waals surface area contributed by atoms with Gasteiger partial charge in [0.2, 0.25) is 11.8 Å². The van der Waals surface area contributed by atoms with E-state index >= 15 is 0 Å². The van der Waals surface area contributed by atoms with Gasteiger partial charge in [0, 0.05) is 22.9 Å². The van der Waals surface area contributed by atoms with Crippen LogP contribution in [0.15, 0.2) is 59.1 Å². The highest BCUT2D eigenvalue weighted by molar-refractivity contribution is 9.10. The Hall–Kier alpha value is -2.14. The zero-order valence-corrected chi connectivity index (χ0v) is 14.9. The number of nitrogens with zero attached hydrogens (tertiary/aromatic N) is 1. The van der Waals surface area contributed by atoms with Gasteiger partial charge in [-0.05, 0) is 50.2 Å². The Bertz CT molecular complexity index is 697. The lowest BCUT2D eigenvalue weighted by atomic mass is 9.90. The van der Waals surface area contributed by atoms with Crippen LogP contribution in [0.2, 0.25) is 0 Å². The quantitative estimate of drug-likeness (QED) is 0.819. The molecule has 5 heteroatoms. The predicted molar refractivity (Wildman–Crippen MR) is 96.4 cm³/mol. The van der Waals surface area contributed by atoms with Crippen LogP contribution in [0.1, 0.15) is 13.8 Å². The van der Waals surface area contributed by atoms with Crippen LogP contribution in [0.4, 0.5) is 11.4 Å². The second-order valence-electron chi connectivity index (χ2n) is 5.79. The molecular weight excluding hydrogens is 356 g/mol. The van der Waals surface area contributed by atoms with E-state index in [4.69, 9.17) is 0 Å². The Morgan fingerprint density at radius 1 is 1.00 bits per heavy atom. The van der Waals surface area contributed by atoms with Crippen molar-refractivity contribution in [2.45, 2.75) is 13.8 Å². The normalized spacial score (nSPS) is 11.0. The summed E-state index contributed by atoms with van der Waals surface area (Å²) >= 11 is 3.35. The molecule has 2 amide bonds. The van der Waals surface area contributed by atoms with E-state index in [-0.39, 0.29) is 11.8 Å². The minimum absolute atomic E-state index is 0.265. The van der Waals surface area contributed by atoms with Gasteiger partial charge in [-0.3, -0.25) is 9.59 Å². The van der Waals surface area contributed by atoms with E-state index in [9.17, 15) is 9.59 Å². The van der Waals surface area contributed by atoms with Crippen LogP contribution in [0.25, 0.3) is 0 Å². The summed E-state index contributed by atoms with van der Waals surface area (Å²) in [5.74, 6) is -0.606. The summed E-state index contributed by atoms with van der Waals surface area (Å²) in [6.45, 7) is 3.26. The second kappa shape index (κ2) is 6.96. The number of nitrogens with one attached hydrogen (secondary N) is 1. The van der Waals surface area contributed by atoms with Gasteiger partial charge in [0.1, 0.15) is 5.41 Å². The molecule has 4 nitrogen and oxygen atoms in total. The number of rotatable bonds is 4. The Balaban J connectivity index is 2.14. The number of carbonyl (C=O) groups excluding carboxylic acids is 2. The smallest absolute Gasteiger partial charge is 0.241 e. The highest BCUT2D eigenvalue weighted by Gasteiger charge is 2.38. The average Bonchev–Trinajstić information content (AvgIpc) is 2.56. The highest BCUT2D eigenvalue weighted by atomic mass is 79.9. The van der Waals surface area contributed by atoms with Crippen molar-refractivity contribution in [3.63, 3.8) is 0 Å². The maximum atomic E-state index is 12.7. The fourth-order valence-corrected chi connectivity index (χ4v) is 2.37. The molecule has 0 fully saturated rings. The maximum absolute atomic E-state index is 12.7. The molecule has 0 atom stereocenters. The molecule has 2 rings (SSSR count). The first-order valence-electron chi connectivity index (χ1n) is 7.22. The molecule has 0 spiro atoms. The maximum Gasteiger partial charge on any atom is 0.241 e. The SMILES string of the molecule is CN(C(=O)C(C)(C)C(=O)Nc1ccc(Br)cc1)c1ccccc1. The minimum atomic E-state index is -1.18. The molecule has 0 aliphatic rings. The molecule has 0 saturated heterocycles. The molecule has 2 aromatic rings. The fraction of sp³-hybridized carbons (Fsp3) is 0.222. The van der Waals surface area contributed by atoms with Gasteiger partial charge in [-0.25, -0.2) is 0 Å². The van der Waals surface area contributed by atoms with E-state index < -0.39 is 5.41 Å². The first-order chi connectivity index (χ1) is 10.8. The highest BCUT2D eigenvalue weighted by Crippen LogP contribution is 2.25. The third-order valence-electron chi connectivity index (χ3n) is 3.65. The van der Waals surface area contributed by atoms with Gasteiger partial charge in [0.25, 0.3) is 0 Å². The number of para-hydroxylation sites is 1. The summed E-state index contributed by atoms with van der Waals surface area (Å²) in [5, 5.41) is 2.79. The number of hydrogen-bond acceptors (Lipinski definition) is 2. The summed E-state index contributed by atoms with van der Waals surface area (Å²) in [6.07, 6.45) is 0. The van der Waals surface area contributed by atoms with Gasteiger partial charge in [0.15, 0.2) is 0 Å². The van der Waals surface area contributed by atoms with Crippen molar-refractivity contribution in [1.82, 2.24) is 0 Å². The van der Waals surface area contributed by atoms with Crippen molar-refractivity contribution in [3.8, 4) is 0 Å². The zero-order valence-electron chi connectivity index (χ0n) is 13.3. The van der Waals surface area contributed by atoms with Gasteiger partial charge in [-0.15, -0.1) is 0 Å². The molecule has 23 heavy (non-hydrogen) atoms. The first-order valence-corrected chi connectivity index (χ1v) is 8.02. The number of carbonyl (C=O) groups is 2. The summed E-state index contributed by atoms with van der Waals surface area (Å²) in [5.41, 5.74) is 0.223. The van der Waals surface area contributed by atoms with Crippen LogP contribution in [0, 0.1) is 5.41 Å². The monoisotopic (exact) mass is 374 g/mol. The van der Waals surface area contributed by atoms with Crippen LogP contribution in [-0.4, -0.2) is 18.9 Å². The lowest BCUT2D eigenvalue weighted by Gasteiger charge is -2.28. The van der Waals surface area contributed by atoms with Crippen LogP contribution >= 0.6 is 15.9 Å².